The van der Waals surface area contributed by atoms with Crippen molar-refractivity contribution in [1.29, 1.82) is 0 Å². The molecule has 0 aromatic heterocycles. The molecule has 8 rings (SSSR count). The second-order valence-electron chi connectivity index (χ2n) is 11.4. The zero-order valence-electron chi connectivity index (χ0n) is 22.8. The first-order valence-corrected chi connectivity index (χ1v) is 15.9. The van der Waals surface area contributed by atoms with Crippen LogP contribution in [0.5, 0.6) is 0 Å². The first-order valence-electron chi connectivity index (χ1n) is 14.8. The van der Waals surface area contributed by atoms with Gasteiger partial charge in [0, 0.05) is 31.1 Å². The number of thioether (sulfide) groups is 1. The maximum Gasteiger partial charge on any atom is 0.0642 e. The Balaban J connectivity index is 0.000000458. The summed E-state index contributed by atoms with van der Waals surface area (Å²) < 4.78 is 5.50. The third-order valence-corrected chi connectivity index (χ3v) is 10.0. The van der Waals surface area contributed by atoms with E-state index < -0.39 is 0 Å². The number of morpholine rings is 1. The molecule has 2 heterocycles. The Kier molecular flexibility index (Phi) is 7.32. The highest BCUT2D eigenvalue weighted by Crippen LogP contribution is 2.49. The normalized spacial score (nSPS) is 22.3. The number of hydrogen-bond donors (Lipinski definition) is 0. The molecule has 3 nitrogen and oxygen atoms in total. The Morgan fingerprint density at radius 3 is 2.49 bits per heavy atom. The Labute approximate surface area is 237 Å². The van der Waals surface area contributed by atoms with Gasteiger partial charge in [0.25, 0.3) is 0 Å². The lowest BCUT2D eigenvalue weighted by Crippen LogP contribution is -2.36. The molecule has 3 aliphatic carbocycles. The van der Waals surface area contributed by atoms with E-state index in [-0.39, 0.29) is 0 Å². The molecule has 0 amide bonds. The number of nitrogens with zero attached hydrogens (tertiary/aromatic N) is 2. The van der Waals surface area contributed by atoms with E-state index in [2.05, 4.69) is 76.6 Å². The van der Waals surface area contributed by atoms with Gasteiger partial charge in [0.15, 0.2) is 0 Å². The van der Waals surface area contributed by atoms with Gasteiger partial charge in [-0.2, -0.15) is 0 Å². The number of rotatable bonds is 3. The molecule has 200 valence electrons. The van der Waals surface area contributed by atoms with E-state index in [4.69, 9.17) is 4.74 Å². The van der Waals surface area contributed by atoms with Crippen LogP contribution in [0.1, 0.15) is 43.2 Å². The summed E-state index contributed by atoms with van der Waals surface area (Å²) in [4.78, 5) is 6.34. The van der Waals surface area contributed by atoms with Crippen molar-refractivity contribution >= 4 is 39.3 Å². The van der Waals surface area contributed by atoms with Gasteiger partial charge in [0.1, 0.15) is 0 Å². The molecule has 0 spiro atoms. The number of fused-ring (bicyclic) bond motifs is 4. The average Bonchev–Trinajstić information content (AvgIpc) is 3.57. The number of allylic oxidation sites excluding steroid dienone is 4. The molecule has 39 heavy (non-hydrogen) atoms. The summed E-state index contributed by atoms with van der Waals surface area (Å²) in [5.74, 6) is 2.86. The van der Waals surface area contributed by atoms with E-state index in [0.717, 1.165) is 44.7 Å². The monoisotopic (exact) mass is 534 g/mol. The summed E-state index contributed by atoms with van der Waals surface area (Å²) in [5, 5.41) is 2.84. The summed E-state index contributed by atoms with van der Waals surface area (Å²) in [5.41, 5.74) is 12.2. The topological polar surface area (TPSA) is 24.8 Å². The molecule has 1 atom stereocenters. The highest BCUT2D eigenvalue weighted by atomic mass is 32.2. The number of hydrogen-bond acceptors (Lipinski definition) is 4. The molecule has 1 unspecified atom stereocenters. The van der Waals surface area contributed by atoms with Gasteiger partial charge in [0.05, 0.1) is 18.8 Å². The van der Waals surface area contributed by atoms with Crippen molar-refractivity contribution < 1.29 is 4.74 Å². The fourth-order valence-electron chi connectivity index (χ4n) is 6.96. The predicted octanol–water partition coefficient (Wildman–Crippen LogP) is 8.18. The van der Waals surface area contributed by atoms with Gasteiger partial charge < -0.3 is 9.64 Å². The van der Waals surface area contributed by atoms with Crippen LogP contribution in [0.4, 0.5) is 5.69 Å². The molecule has 0 radical (unpaired) electrons. The van der Waals surface area contributed by atoms with E-state index in [1.165, 1.54) is 77.4 Å². The van der Waals surface area contributed by atoms with Crippen LogP contribution in [0.25, 0.3) is 27.5 Å². The highest BCUT2D eigenvalue weighted by Gasteiger charge is 2.35. The number of benzene rings is 3. The van der Waals surface area contributed by atoms with Gasteiger partial charge in [-0.05, 0) is 101 Å². The third-order valence-electron chi connectivity index (χ3n) is 9.29. The van der Waals surface area contributed by atoms with E-state index in [1.54, 1.807) is 28.5 Å². The Morgan fingerprint density at radius 2 is 1.77 bits per heavy atom. The smallest absolute Gasteiger partial charge is 0.0642 e. The fraction of sp³-hybridized carbons (Fsp3) is 0.400. The van der Waals surface area contributed by atoms with Gasteiger partial charge in [-0.15, -0.1) is 11.8 Å². The van der Waals surface area contributed by atoms with Crippen LogP contribution in [-0.2, 0) is 11.2 Å². The summed E-state index contributed by atoms with van der Waals surface area (Å²) in [6.07, 6.45) is 12.8. The van der Waals surface area contributed by atoms with Crippen LogP contribution in [0.2, 0.25) is 0 Å². The minimum atomic E-state index is 0.763. The van der Waals surface area contributed by atoms with Crippen LogP contribution in [-0.4, -0.2) is 44.1 Å². The number of anilines is 1. The van der Waals surface area contributed by atoms with Gasteiger partial charge in [-0.1, -0.05) is 60.5 Å². The summed E-state index contributed by atoms with van der Waals surface area (Å²) in [6, 6.07) is 21.0. The van der Waals surface area contributed by atoms with Gasteiger partial charge in [-0.25, -0.2) is 0 Å². The maximum atomic E-state index is 5.50. The molecule has 2 fully saturated rings. The largest absolute Gasteiger partial charge is 0.378 e. The summed E-state index contributed by atoms with van der Waals surface area (Å²) in [6.45, 7) is 4.65. The van der Waals surface area contributed by atoms with Crippen molar-refractivity contribution in [3.63, 3.8) is 0 Å². The molecular formula is C35H38N2OS. The molecule has 0 N–H and O–H groups in total. The lowest BCUT2D eigenvalue weighted by atomic mass is 9.64. The lowest BCUT2D eigenvalue weighted by molar-refractivity contribution is 0.122. The lowest BCUT2D eigenvalue weighted by Gasteiger charge is -2.40. The Bertz CT molecular complexity index is 1420. The molecular weight excluding hydrogens is 496 g/mol. The zero-order valence-corrected chi connectivity index (χ0v) is 23.6. The first kappa shape index (κ1) is 25.2. The molecule has 0 bridgehead atoms. The van der Waals surface area contributed by atoms with E-state index in [1.807, 2.05) is 5.55 Å². The van der Waals surface area contributed by atoms with Gasteiger partial charge in [-0.3, -0.25) is 4.99 Å². The van der Waals surface area contributed by atoms with E-state index in [9.17, 15) is 0 Å². The standard InChI is InChI=1S/C32H33NO.C3H5NS/c1-2-7-29-28(6-1)30-15-11-25-20-24(10-14-27(25)32(30)21-31(29)23-4-3-5-23)22-8-12-26(13-9-22)33-16-18-34-19-17-33;1-2-5-3-4-1/h1,6,8-15,20,23,31H,2-5,7,16-19,21H2;3H,1-2H2. The molecule has 3 aromatic carbocycles. The zero-order chi connectivity index (χ0) is 26.0. The number of aliphatic imine (C=N–C) groups is 1. The van der Waals surface area contributed by atoms with E-state index in [0.29, 0.717) is 0 Å². The minimum Gasteiger partial charge on any atom is -0.378 e. The van der Waals surface area contributed by atoms with Crippen molar-refractivity contribution in [2.45, 2.75) is 38.5 Å². The van der Waals surface area contributed by atoms with Crippen LogP contribution >= 0.6 is 11.8 Å². The molecule has 5 aliphatic rings. The molecule has 1 saturated heterocycles. The van der Waals surface area contributed by atoms with E-state index >= 15 is 0 Å². The summed E-state index contributed by atoms with van der Waals surface area (Å²) in [7, 11) is 0. The summed E-state index contributed by atoms with van der Waals surface area (Å²) >= 11 is 1.78. The van der Waals surface area contributed by atoms with Crippen LogP contribution < -0.4 is 4.90 Å². The SMILES string of the molecule is C1=CC2=C(CC1)C(C1CCC1)Cc1c2ccc2cc(-c3ccc(N4CCOCC4)cc3)ccc12.C1=NCCS1. The average molecular weight is 535 g/mol. The second kappa shape index (κ2) is 11.3. The van der Waals surface area contributed by atoms with Crippen LogP contribution in [0, 0.1) is 11.8 Å². The fourth-order valence-corrected chi connectivity index (χ4v) is 7.49. The Morgan fingerprint density at radius 1 is 0.923 bits per heavy atom. The quantitative estimate of drug-likeness (QED) is 0.339. The van der Waals surface area contributed by atoms with Gasteiger partial charge >= 0.3 is 0 Å². The second-order valence-corrected chi connectivity index (χ2v) is 12.4. The molecule has 3 aromatic rings. The number of ether oxygens (including phenoxy) is 1. The maximum absolute atomic E-state index is 5.50. The highest BCUT2D eigenvalue weighted by molar-refractivity contribution is 8.12. The molecule has 2 aliphatic heterocycles. The Hall–Kier alpha value is -2.82. The minimum absolute atomic E-state index is 0.763. The van der Waals surface area contributed by atoms with Crippen molar-refractivity contribution in [1.82, 2.24) is 0 Å². The predicted molar refractivity (Wildman–Crippen MR) is 168 cm³/mol. The molecule has 1 saturated carbocycles. The van der Waals surface area contributed by atoms with Crippen molar-refractivity contribution in [2.75, 3.05) is 43.5 Å². The van der Waals surface area contributed by atoms with Crippen molar-refractivity contribution in [3.05, 3.63) is 83.4 Å². The van der Waals surface area contributed by atoms with Gasteiger partial charge in [0.2, 0.25) is 0 Å². The van der Waals surface area contributed by atoms with Crippen molar-refractivity contribution in [3.8, 4) is 11.1 Å². The molecule has 4 heteroatoms. The third kappa shape index (κ3) is 5.10. The van der Waals surface area contributed by atoms with Crippen molar-refractivity contribution in [2.24, 2.45) is 16.8 Å². The first-order chi connectivity index (χ1) is 19.3. The van der Waals surface area contributed by atoms with Crippen LogP contribution in [0.3, 0.4) is 0 Å². The van der Waals surface area contributed by atoms with Crippen LogP contribution in [0.15, 0.2) is 77.3 Å².